The van der Waals surface area contributed by atoms with E-state index in [0.717, 1.165) is 19.3 Å². The van der Waals surface area contributed by atoms with Crippen LogP contribution in [0.1, 0.15) is 19.3 Å². The summed E-state index contributed by atoms with van der Waals surface area (Å²) in [5.41, 5.74) is 0. The van der Waals surface area contributed by atoms with Crippen LogP contribution in [0.4, 0.5) is 0 Å². The molecule has 0 unspecified atom stereocenters. The van der Waals surface area contributed by atoms with Gasteiger partial charge in [0.2, 0.25) is 0 Å². The second-order valence-corrected chi connectivity index (χ2v) is 2.67. The third kappa shape index (κ3) is 0.684. The van der Waals surface area contributed by atoms with Crippen LogP contribution < -0.4 is 0 Å². The Morgan fingerprint density at radius 2 is 1.83 bits per heavy atom. The first-order valence-corrected chi connectivity index (χ1v) is 2.60. The maximum atomic E-state index is 8.78. The highest BCUT2D eigenvalue weighted by molar-refractivity contribution is 7.81. The minimum absolute atomic E-state index is 0.583. The van der Waals surface area contributed by atoms with Crippen molar-refractivity contribution in [1.29, 1.82) is 0 Å². The van der Waals surface area contributed by atoms with Crippen LogP contribution in [0.2, 0.25) is 0 Å². The average molecular weight is 104 g/mol. The van der Waals surface area contributed by atoms with E-state index in [-0.39, 0.29) is 0 Å². The summed E-state index contributed by atoms with van der Waals surface area (Å²) < 4.78 is 0. The molecule has 0 aromatic carbocycles. The van der Waals surface area contributed by atoms with E-state index in [1.165, 1.54) is 0 Å². The van der Waals surface area contributed by atoms with Crippen molar-refractivity contribution in [3.8, 4) is 0 Å². The third-order valence-electron chi connectivity index (χ3n) is 1.15. The Morgan fingerprint density at radius 3 is 1.83 bits per heavy atom. The van der Waals surface area contributed by atoms with E-state index in [2.05, 4.69) is 12.6 Å². The molecule has 1 aliphatic rings. The van der Waals surface area contributed by atoms with Crippen LogP contribution in [-0.2, 0) is 0 Å². The van der Waals surface area contributed by atoms with Crippen LogP contribution in [0.15, 0.2) is 0 Å². The fraction of sp³-hybridized carbons (Fsp3) is 1.00. The standard InChI is InChI=1S/C4H8OS/c5-4(6)2-1-3-4/h5-6H,1-3H2. The monoisotopic (exact) mass is 104 g/mol. The highest BCUT2D eigenvalue weighted by atomic mass is 32.1. The topological polar surface area (TPSA) is 20.2 Å². The van der Waals surface area contributed by atoms with Crippen LogP contribution in [0, 0.1) is 0 Å². The predicted molar refractivity (Wildman–Crippen MR) is 27.8 cm³/mol. The Balaban J connectivity index is 2.31. The van der Waals surface area contributed by atoms with E-state index in [1.54, 1.807) is 0 Å². The van der Waals surface area contributed by atoms with E-state index in [0.29, 0.717) is 0 Å². The number of thiol groups is 1. The zero-order valence-electron chi connectivity index (χ0n) is 3.52. The van der Waals surface area contributed by atoms with Crippen molar-refractivity contribution in [3.63, 3.8) is 0 Å². The molecule has 0 radical (unpaired) electrons. The molecule has 36 valence electrons. The van der Waals surface area contributed by atoms with Crippen LogP contribution in [0.3, 0.4) is 0 Å². The molecule has 0 aromatic heterocycles. The van der Waals surface area contributed by atoms with Gasteiger partial charge in [-0.3, -0.25) is 0 Å². The predicted octanol–water partition coefficient (Wildman–Crippen LogP) is 0.789. The molecule has 1 N–H and O–H groups in total. The molecule has 0 amide bonds. The smallest absolute Gasteiger partial charge is 0.107 e. The molecule has 1 saturated carbocycles. The minimum Gasteiger partial charge on any atom is -0.380 e. The Kier molecular flexibility index (Phi) is 0.848. The molecule has 2 heteroatoms. The lowest BCUT2D eigenvalue weighted by Gasteiger charge is -2.30. The first-order valence-electron chi connectivity index (χ1n) is 2.15. The summed E-state index contributed by atoms with van der Waals surface area (Å²) in [5.74, 6) is 0. The average Bonchev–Trinajstić information content (AvgIpc) is 1.32. The molecule has 1 fully saturated rings. The summed E-state index contributed by atoms with van der Waals surface area (Å²) in [7, 11) is 0. The van der Waals surface area contributed by atoms with Crippen LogP contribution in [-0.4, -0.2) is 10.0 Å². The number of aliphatic hydroxyl groups is 1. The Labute approximate surface area is 42.8 Å². The third-order valence-corrected chi connectivity index (χ3v) is 1.60. The molecule has 0 atom stereocenters. The van der Waals surface area contributed by atoms with Gasteiger partial charge in [0.25, 0.3) is 0 Å². The summed E-state index contributed by atoms with van der Waals surface area (Å²) in [5, 5.41) is 8.78. The maximum absolute atomic E-state index is 8.78. The second kappa shape index (κ2) is 1.14. The normalized spacial score (nSPS) is 29.0. The molecule has 1 rings (SSSR count). The van der Waals surface area contributed by atoms with Crippen molar-refractivity contribution < 1.29 is 5.11 Å². The van der Waals surface area contributed by atoms with E-state index < -0.39 is 4.93 Å². The van der Waals surface area contributed by atoms with Crippen LogP contribution in [0.25, 0.3) is 0 Å². The Bertz CT molecular complexity index is 54.6. The molecule has 0 saturated heterocycles. The molecule has 0 spiro atoms. The Hall–Kier alpha value is 0.310. The van der Waals surface area contributed by atoms with Gasteiger partial charge >= 0.3 is 0 Å². The summed E-state index contributed by atoms with van der Waals surface area (Å²) in [6.45, 7) is 0. The first-order chi connectivity index (χ1) is 2.71. The largest absolute Gasteiger partial charge is 0.380 e. The highest BCUT2D eigenvalue weighted by Crippen LogP contribution is 2.34. The van der Waals surface area contributed by atoms with E-state index in [4.69, 9.17) is 5.11 Å². The minimum atomic E-state index is -0.583. The number of rotatable bonds is 0. The quantitative estimate of drug-likeness (QED) is 0.344. The van der Waals surface area contributed by atoms with Gasteiger partial charge in [0.1, 0.15) is 4.93 Å². The molecule has 0 aliphatic heterocycles. The second-order valence-electron chi connectivity index (χ2n) is 1.84. The van der Waals surface area contributed by atoms with E-state index in [1.807, 2.05) is 0 Å². The van der Waals surface area contributed by atoms with Crippen molar-refractivity contribution in [2.45, 2.75) is 24.2 Å². The molecule has 0 aromatic rings. The molecule has 0 bridgehead atoms. The number of hydrogen-bond acceptors (Lipinski definition) is 2. The van der Waals surface area contributed by atoms with Crippen molar-refractivity contribution in [1.82, 2.24) is 0 Å². The van der Waals surface area contributed by atoms with Gasteiger partial charge in [0.15, 0.2) is 0 Å². The lowest BCUT2D eigenvalue weighted by molar-refractivity contribution is 0.0605. The summed E-state index contributed by atoms with van der Waals surface area (Å²) in [6, 6.07) is 0. The van der Waals surface area contributed by atoms with Gasteiger partial charge in [-0.05, 0) is 19.3 Å². The lowest BCUT2D eigenvalue weighted by Crippen LogP contribution is -2.29. The van der Waals surface area contributed by atoms with Crippen molar-refractivity contribution >= 4 is 12.6 Å². The summed E-state index contributed by atoms with van der Waals surface area (Å²) in [6.07, 6.45) is 2.88. The lowest BCUT2D eigenvalue weighted by atomic mass is 9.96. The SMILES string of the molecule is OC1(S)CCC1. The fourth-order valence-electron chi connectivity index (χ4n) is 0.493. The summed E-state index contributed by atoms with van der Waals surface area (Å²) in [4.78, 5) is -0.583. The van der Waals surface area contributed by atoms with Crippen molar-refractivity contribution in [2.24, 2.45) is 0 Å². The van der Waals surface area contributed by atoms with Gasteiger partial charge < -0.3 is 5.11 Å². The van der Waals surface area contributed by atoms with E-state index >= 15 is 0 Å². The summed E-state index contributed by atoms with van der Waals surface area (Å²) >= 11 is 3.90. The molecule has 6 heavy (non-hydrogen) atoms. The van der Waals surface area contributed by atoms with Crippen LogP contribution >= 0.6 is 12.6 Å². The molecule has 1 nitrogen and oxygen atoms in total. The first kappa shape index (κ1) is 4.47. The van der Waals surface area contributed by atoms with E-state index in [9.17, 15) is 0 Å². The maximum Gasteiger partial charge on any atom is 0.107 e. The van der Waals surface area contributed by atoms with Gasteiger partial charge in [-0.1, -0.05) is 0 Å². The highest BCUT2D eigenvalue weighted by Gasteiger charge is 2.29. The van der Waals surface area contributed by atoms with Crippen molar-refractivity contribution in [2.75, 3.05) is 0 Å². The zero-order chi connectivity index (χ0) is 4.62. The van der Waals surface area contributed by atoms with Crippen LogP contribution in [0.5, 0.6) is 0 Å². The van der Waals surface area contributed by atoms with Gasteiger partial charge in [0.05, 0.1) is 0 Å². The van der Waals surface area contributed by atoms with Crippen molar-refractivity contribution in [3.05, 3.63) is 0 Å². The molecule has 1 aliphatic carbocycles. The van der Waals surface area contributed by atoms with Gasteiger partial charge in [0, 0.05) is 0 Å². The van der Waals surface area contributed by atoms with Gasteiger partial charge in [-0.2, -0.15) is 0 Å². The Morgan fingerprint density at radius 1 is 1.50 bits per heavy atom. The zero-order valence-corrected chi connectivity index (χ0v) is 4.41. The van der Waals surface area contributed by atoms with Gasteiger partial charge in [-0.25, -0.2) is 0 Å². The van der Waals surface area contributed by atoms with Gasteiger partial charge in [-0.15, -0.1) is 12.6 Å². The molecule has 0 heterocycles. The number of hydrogen-bond donors (Lipinski definition) is 2. The molecular formula is C4H8OS. The molecular weight excluding hydrogens is 96.1 g/mol. The fourth-order valence-corrected chi connectivity index (χ4v) is 0.809.